The molecule has 1 aliphatic rings. The van der Waals surface area contributed by atoms with Crippen molar-refractivity contribution < 1.29 is 27.5 Å². The molecule has 0 atom stereocenters. The first-order chi connectivity index (χ1) is 11.0. The fraction of sp³-hybridized carbons (Fsp3) is 0.412. The predicted octanol–water partition coefficient (Wildman–Crippen LogP) is 4.53. The van der Waals surface area contributed by atoms with Crippen LogP contribution in [-0.2, 0) is 11.3 Å². The molecule has 1 aromatic carbocycles. The fourth-order valence-electron chi connectivity index (χ4n) is 2.61. The van der Waals surface area contributed by atoms with E-state index in [9.17, 15) is 27.5 Å². The van der Waals surface area contributed by atoms with Crippen LogP contribution < -0.4 is 0 Å². The molecule has 0 aliphatic heterocycles. The number of benzene rings is 1. The number of hydrogen-bond acceptors (Lipinski definition) is 3. The van der Waals surface area contributed by atoms with Gasteiger partial charge in [0.1, 0.15) is 5.82 Å². The maximum absolute atomic E-state index is 12.9. The van der Waals surface area contributed by atoms with Gasteiger partial charge in [-0.05, 0) is 29.5 Å². The molecule has 0 aromatic heterocycles. The lowest BCUT2D eigenvalue weighted by Gasteiger charge is -2.31. The SMILES string of the molecule is CC1(C)CC(=O)/C(=C(/O)C(F)(F)F)C(=NCc2ccc(F)cc2)C1. The highest BCUT2D eigenvalue weighted by Gasteiger charge is 2.44. The van der Waals surface area contributed by atoms with Crippen LogP contribution in [-0.4, -0.2) is 22.8 Å². The van der Waals surface area contributed by atoms with E-state index < -0.39 is 34.5 Å². The average Bonchev–Trinajstić information content (AvgIpc) is 2.43. The summed E-state index contributed by atoms with van der Waals surface area (Å²) in [7, 11) is 0. The molecule has 7 heteroatoms. The van der Waals surface area contributed by atoms with Gasteiger partial charge in [-0.2, -0.15) is 13.2 Å². The quantitative estimate of drug-likeness (QED) is 0.487. The van der Waals surface area contributed by atoms with Crippen LogP contribution in [0.5, 0.6) is 0 Å². The summed E-state index contributed by atoms with van der Waals surface area (Å²) in [5.41, 5.74) is -0.793. The highest BCUT2D eigenvalue weighted by Crippen LogP contribution is 2.38. The van der Waals surface area contributed by atoms with Crippen LogP contribution in [0.1, 0.15) is 32.3 Å². The van der Waals surface area contributed by atoms with Crippen LogP contribution in [0.4, 0.5) is 17.6 Å². The van der Waals surface area contributed by atoms with Crippen molar-refractivity contribution in [3.05, 3.63) is 47.0 Å². The number of aliphatic imine (C=N–C) groups is 1. The Morgan fingerprint density at radius 2 is 1.79 bits per heavy atom. The van der Waals surface area contributed by atoms with E-state index >= 15 is 0 Å². The van der Waals surface area contributed by atoms with Crippen LogP contribution in [0.25, 0.3) is 0 Å². The Morgan fingerprint density at radius 3 is 2.33 bits per heavy atom. The molecule has 1 fully saturated rings. The fourth-order valence-corrected chi connectivity index (χ4v) is 2.61. The summed E-state index contributed by atoms with van der Waals surface area (Å²) in [6.07, 6.45) is -4.98. The maximum atomic E-state index is 12.9. The van der Waals surface area contributed by atoms with Gasteiger partial charge in [-0.25, -0.2) is 4.39 Å². The number of aliphatic hydroxyl groups excluding tert-OH is 1. The summed E-state index contributed by atoms with van der Waals surface area (Å²) in [4.78, 5) is 16.2. The minimum atomic E-state index is -5.01. The average molecular weight is 343 g/mol. The lowest BCUT2D eigenvalue weighted by atomic mass is 9.73. The number of halogens is 4. The highest BCUT2D eigenvalue weighted by atomic mass is 19.4. The van der Waals surface area contributed by atoms with Crippen molar-refractivity contribution in [2.75, 3.05) is 0 Å². The number of Topliss-reactive ketones (excluding diaryl/α,β-unsaturated/α-hetero) is 1. The summed E-state index contributed by atoms with van der Waals surface area (Å²) < 4.78 is 51.4. The first-order valence-electron chi connectivity index (χ1n) is 7.31. The van der Waals surface area contributed by atoms with E-state index in [4.69, 9.17) is 0 Å². The second kappa shape index (κ2) is 6.37. The molecule has 0 heterocycles. The third kappa shape index (κ3) is 4.21. The summed E-state index contributed by atoms with van der Waals surface area (Å²) in [6, 6.07) is 5.36. The minimum Gasteiger partial charge on any atom is -0.504 e. The molecule has 1 aliphatic carbocycles. The zero-order valence-electron chi connectivity index (χ0n) is 13.2. The van der Waals surface area contributed by atoms with Gasteiger partial charge in [0.25, 0.3) is 0 Å². The Bertz CT molecular complexity index is 700. The Labute approximate surface area is 136 Å². The Kier molecular flexibility index (Phi) is 4.82. The van der Waals surface area contributed by atoms with Crippen LogP contribution in [0.2, 0.25) is 0 Å². The predicted molar refractivity (Wildman–Crippen MR) is 81.3 cm³/mol. The van der Waals surface area contributed by atoms with Crippen molar-refractivity contribution in [2.45, 2.75) is 39.4 Å². The number of rotatable bonds is 2. The van der Waals surface area contributed by atoms with Crippen molar-refractivity contribution in [3.8, 4) is 0 Å². The van der Waals surface area contributed by atoms with E-state index in [2.05, 4.69) is 4.99 Å². The number of nitrogens with zero attached hydrogens (tertiary/aromatic N) is 1. The first kappa shape index (κ1) is 18.2. The molecular weight excluding hydrogens is 326 g/mol. The molecule has 1 aromatic rings. The summed E-state index contributed by atoms with van der Waals surface area (Å²) in [5, 5.41) is 9.46. The highest BCUT2D eigenvalue weighted by molar-refractivity contribution is 6.24. The smallest absolute Gasteiger partial charge is 0.449 e. The van der Waals surface area contributed by atoms with Gasteiger partial charge >= 0.3 is 6.18 Å². The first-order valence-corrected chi connectivity index (χ1v) is 7.31. The van der Waals surface area contributed by atoms with Gasteiger partial charge in [0.2, 0.25) is 5.76 Å². The number of aliphatic hydroxyl groups is 1. The molecule has 0 spiro atoms. The summed E-state index contributed by atoms with van der Waals surface area (Å²) in [5.74, 6) is -3.12. The standard InChI is InChI=1S/C17H17F4NO2/c1-16(2)7-12(22-9-10-3-5-11(18)6-4-10)14(13(23)8-16)15(24)17(19,20)21/h3-6,24H,7-9H2,1-2H3/b15-14+,22-12?. The molecule has 0 saturated heterocycles. The number of hydrogen-bond donors (Lipinski definition) is 1. The van der Waals surface area contributed by atoms with E-state index in [0.29, 0.717) is 5.56 Å². The van der Waals surface area contributed by atoms with Crippen molar-refractivity contribution in [3.63, 3.8) is 0 Å². The van der Waals surface area contributed by atoms with Crippen molar-refractivity contribution >= 4 is 11.5 Å². The van der Waals surface area contributed by atoms with Gasteiger partial charge in [-0.1, -0.05) is 26.0 Å². The largest absolute Gasteiger partial charge is 0.504 e. The second-order valence-corrected chi connectivity index (χ2v) is 6.55. The maximum Gasteiger partial charge on any atom is 0.449 e. The molecule has 1 N–H and O–H groups in total. The molecule has 0 amide bonds. The van der Waals surface area contributed by atoms with E-state index in [0.717, 1.165) is 0 Å². The molecule has 3 nitrogen and oxygen atoms in total. The van der Waals surface area contributed by atoms with Crippen molar-refractivity contribution in [1.29, 1.82) is 0 Å². The summed E-state index contributed by atoms with van der Waals surface area (Å²) >= 11 is 0. The van der Waals surface area contributed by atoms with E-state index in [-0.39, 0.29) is 25.1 Å². The van der Waals surface area contributed by atoms with Gasteiger partial charge in [0, 0.05) is 6.42 Å². The molecule has 2 rings (SSSR count). The third-order valence-electron chi connectivity index (χ3n) is 3.72. The molecule has 24 heavy (non-hydrogen) atoms. The van der Waals surface area contributed by atoms with E-state index in [1.54, 1.807) is 13.8 Å². The van der Waals surface area contributed by atoms with Crippen molar-refractivity contribution in [2.24, 2.45) is 10.4 Å². The van der Waals surface area contributed by atoms with Gasteiger partial charge in [0.05, 0.1) is 17.8 Å². The summed E-state index contributed by atoms with van der Waals surface area (Å²) in [6.45, 7) is 3.49. The molecular formula is C17H17F4NO2. The molecule has 0 unspecified atom stereocenters. The molecule has 0 radical (unpaired) electrons. The topological polar surface area (TPSA) is 49.7 Å². The molecule has 0 bridgehead atoms. The number of allylic oxidation sites excluding steroid dienone is 2. The van der Waals surface area contributed by atoms with Gasteiger partial charge in [-0.15, -0.1) is 0 Å². The van der Waals surface area contributed by atoms with Gasteiger partial charge < -0.3 is 5.11 Å². The second-order valence-electron chi connectivity index (χ2n) is 6.55. The van der Waals surface area contributed by atoms with E-state index in [1.165, 1.54) is 24.3 Å². The number of carbonyl (C=O) groups is 1. The zero-order valence-corrected chi connectivity index (χ0v) is 13.2. The van der Waals surface area contributed by atoms with Crippen molar-refractivity contribution in [1.82, 2.24) is 0 Å². The Hall–Kier alpha value is -2.18. The third-order valence-corrected chi connectivity index (χ3v) is 3.72. The molecule has 1 saturated carbocycles. The van der Waals surface area contributed by atoms with Crippen LogP contribution in [0.15, 0.2) is 40.6 Å². The van der Waals surface area contributed by atoms with Gasteiger partial charge in [-0.3, -0.25) is 9.79 Å². The van der Waals surface area contributed by atoms with Gasteiger partial charge in [0.15, 0.2) is 5.78 Å². The van der Waals surface area contributed by atoms with Crippen LogP contribution in [0.3, 0.4) is 0 Å². The van der Waals surface area contributed by atoms with E-state index in [1.807, 2.05) is 0 Å². The monoisotopic (exact) mass is 343 g/mol. The Morgan fingerprint density at radius 1 is 1.21 bits per heavy atom. The van der Waals surface area contributed by atoms with Crippen LogP contribution >= 0.6 is 0 Å². The number of ketones is 1. The van der Waals surface area contributed by atoms with Crippen LogP contribution in [0, 0.1) is 11.2 Å². The number of carbonyl (C=O) groups excluding carboxylic acids is 1. The number of alkyl halides is 3. The zero-order chi connectivity index (χ0) is 18.1. The Balaban J connectivity index is 2.42. The minimum absolute atomic E-state index is 0.00634. The molecule has 130 valence electrons. The lowest BCUT2D eigenvalue weighted by Crippen LogP contribution is -2.34. The normalized spacial score (nSPS) is 21.9. The lowest BCUT2D eigenvalue weighted by molar-refractivity contribution is -0.127.